The number of pyridine rings is 1. The Hall–Kier alpha value is -2.95. The van der Waals surface area contributed by atoms with E-state index in [1.807, 2.05) is 13.8 Å². The van der Waals surface area contributed by atoms with E-state index in [0.717, 1.165) is 0 Å². The number of carbonyl (C=O) groups excluding carboxylic acids is 1. The molecule has 6 nitrogen and oxygen atoms in total. The van der Waals surface area contributed by atoms with Crippen LogP contribution in [0.15, 0.2) is 42.5 Å². The van der Waals surface area contributed by atoms with Crippen molar-refractivity contribution in [3.63, 3.8) is 0 Å². The Labute approximate surface area is 188 Å². The van der Waals surface area contributed by atoms with Gasteiger partial charge in [-0.05, 0) is 68.2 Å². The van der Waals surface area contributed by atoms with Crippen LogP contribution in [0.1, 0.15) is 60.4 Å². The maximum atomic E-state index is 13.1. The first kappa shape index (κ1) is 24.7. The van der Waals surface area contributed by atoms with E-state index in [1.165, 1.54) is 42.5 Å². The van der Waals surface area contributed by atoms with Gasteiger partial charge in [-0.25, -0.2) is 4.39 Å². The van der Waals surface area contributed by atoms with Crippen LogP contribution in [0.2, 0.25) is 0 Å². The van der Waals surface area contributed by atoms with Crippen molar-refractivity contribution in [2.75, 3.05) is 0 Å². The van der Waals surface area contributed by atoms with E-state index >= 15 is 0 Å². The van der Waals surface area contributed by atoms with Crippen LogP contribution in [0.5, 0.6) is 0 Å². The van der Waals surface area contributed by atoms with E-state index in [9.17, 15) is 30.8 Å². The number of allylic oxidation sites excluding steroid dienone is 1. The fourth-order valence-corrected chi connectivity index (χ4v) is 3.83. The number of benzene rings is 1. The predicted molar refractivity (Wildman–Crippen MR) is 113 cm³/mol. The minimum absolute atomic E-state index is 0.156. The quantitative estimate of drug-likeness (QED) is 0.372. The van der Waals surface area contributed by atoms with Gasteiger partial charge in [0.1, 0.15) is 11.6 Å². The molecule has 1 N–H and O–H groups in total. The summed E-state index contributed by atoms with van der Waals surface area (Å²) in [6, 6.07) is 8.04. The molecule has 1 saturated carbocycles. The molecule has 1 fully saturated rings. The third-order valence-corrected chi connectivity index (χ3v) is 6.10. The first-order chi connectivity index (χ1) is 15.5. The SMILES string of the molecule is CC.O=C(NC1(c2ccc3c(n2)CCC=C3OS(=O)(=O)C(F)(F)F)CC1)c1ccc(F)cc1. The fraction of sp³-hybridized carbons (Fsp3) is 0.364. The van der Waals surface area contributed by atoms with Gasteiger partial charge in [0.15, 0.2) is 0 Å². The molecule has 0 unspecified atom stereocenters. The molecule has 1 heterocycles. The van der Waals surface area contributed by atoms with Crippen LogP contribution in [0.4, 0.5) is 17.6 Å². The van der Waals surface area contributed by atoms with Gasteiger partial charge < -0.3 is 9.50 Å². The maximum Gasteiger partial charge on any atom is 0.534 e. The number of hydrogen-bond donors (Lipinski definition) is 1. The normalized spacial score (nSPS) is 16.5. The van der Waals surface area contributed by atoms with Gasteiger partial charge >= 0.3 is 15.6 Å². The summed E-state index contributed by atoms with van der Waals surface area (Å²) < 4.78 is 78.1. The molecule has 0 aliphatic heterocycles. The van der Waals surface area contributed by atoms with Gasteiger partial charge in [0, 0.05) is 11.1 Å². The molecule has 0 spiro atoms. The topological polar surface area (TPSA) is 85.4 Å². The molecule has 2 aliphatic carbocycles. The molecule has 0 bridgehead atoms. The molecule has 33 heavy (non-hydrogen) atoms. The summed E-state index contributed by atoms with van der Waals surface area (Å²) >= 11 is 0. The average molecular weight is 486 g/mol. The molecule has 0 atom stereocenters. The zero-order valence-electron chi connectivity index (χ0n) is 17.9. The summed E-state index contributed by atoms with van der Waals surface area (Å²) in [6.45, 7) is 4.00. The average Bonchev–Trinajstić information content (AvgIpc) is 3.55. The zero-order valence-corrected chi connectivity index (χ0v) is 18.7. The van der Waals surface area contributed by atoms with Crippen molar-refractivity contribution in [2.45, 2.75) is 50.6 Å². The van der Waals surface area contributed by atoms with Crippen LogP contribution in [0.3, 0.4) is 0 Å². The lowest BCUT2D eigenvalue weighted by molar-refractivity contribution is -0.0509. The predicted octanol–water partition coefficient (Wildman–Crippen LogP) is 4.82. The van der Waals surface area contributed by atoms with Gasteiger partial charge in [-0.3, -0.25) is 9.78 Å². The minimum atomic E-state index is -5.80. The Balaban J connectivity index is 0.00000149. The van der Waals surface area contributed by atoms with Crippen LogP contribution in [0, 0.1) is 5.82 Å². The van der Waals surface area contributed by atoms with Crippen molar-refractivity contribution >= 4 is 21.8 Å². The molecule has 1 amide bonds. The third kappa shape index (κ3) is 5.18. The van der Waals surface area contributed by atoms with Gasteiger partial charge in [0.05, 0.1) is 16.9 Å². The summed E-state index contributed by atoms with van der Waals surface area (Å²) in [5.74, 6) is -1.29. The largest absolute Gasteiger partial charge is 0.534 e. The Kier molecular flexibility index (Phi) is 6.83. The molecular weight excluding hydrogens is 464 g/mol. The molecule has 0 saturated heterocycles. The smallest absolute Gasteiger partial charge is 0.376 e. The second-order valence-electron chi connectivity index (χ2n) is 7.32. The van der Waals surface area contributed by atoms with Gasteiger partial charge in [0.25, 0.3) is 5.91 Å². The van der Waals surface area contributed by atoms with Crippen LogP contribution < -0.4 is 5.32 Å². The summed E-state index contributed by atoms with van der Waals surface area (Å²) in [4.78, 5) is 17.0. The maximum absolute atomic E-state index is 13.1. The van der Waals surface area contributed by atoms with E-state index in [2.05, 4.69) is 14.5 Å². The lowest BCUT2D eigenvalue weighted by Gasteiger charge is -2.22. The van der Waals surface area contributed by atoms with Gasteiger partial charge in [-0.15, -0.1) is 0 Å². The molecule has 11 heteroatoms. The number of halogens is 4. The van der Waals surface area contributed by atoms with Crippen molar-refractivity contribution in [3.05, 3.63) is 70.8 Å². The highest BCUT2D eigenvalue weighted by Crippen LogP contribution is 2.45. The number of alkyl halides is 3. The van der Waals surface area contributed by atoms with E-state index in [4.69, 9.17) is 0 Å². The van der Waals surface area contributed by atoms with Crippen LogP contribution in [-0.4, -0.2) is 24.8 Å². The van der Waals surface area contributed by atoms with E-state index in [0.29, 0.717) is 30.7 Å². The fourth-order valence-electron chi connectivity index (χ4n) is 3.34. The number of nitrogens with one attached hydrogen (secondary N) is 1. The first-order valence-corrected chi connectivity index (χ1v) is 11.7. The Morgan fingerprint density at radius 3 is 2.30 bits per heavy atom. The highest BCUT2D eigenvalue weighted by Gasteiger charge is 2.50. The van der Waals surface area contributed by atoms with Crippen LogP contribution in [-0.2, 0) is 26.3 Å². The van der Waals surface area contributed by atoms with Crippen molar-refractivity contribution < 1.29 is 35.0 Å². The van der Waals surface area contributed by atoms with Crippen molar-refractivity contribution in [1.82, 2.24) is 10.3 Å². The van der Waals surface area contributed by atoms with Crippen molar-refractivity contribution in [2.24, 2.45) is 0 Å². The molecule has 0 radical (unpaired) electrons. The Bertz CT molecular complexity index is 1170. The molecule has 2 aliphatic rings. The number of hydrogen-bond acceptors (Lipinski definition) is 5. The second-order valence-corrected chi connectivity index (χ2v) is 8.86. The summed E-state index contributed by atoms with van der Waals surface area (Å²) in [5.41, 5.74) is -4.94. The number of fused-ring (bicyclic) bond motifs is 1. The molecule has 2 aromatic rings. The standard InChI is InChI=1S/C20H16F4N2O4S.C2H6/c21-13-6-4-12(5-7-13)18(27)26-19(10-11-19)17-9-8-14-15(25-17)2-1-3-16(14)30-31(28,29)20(22,23)24;1-2/h3-9H,1-2,10-11H2,(H,26,27);1-2H3. The highest BCUT2D eigenvalue weighted by atomic mass is 32.2. The summed E-state index contributed by atoms with van der Waals surface area (Å²) in [6.07, 6.45) is 3.11. The Morgan fingerprint density at radius 2 is 1.73 bits per heavy atom. The van der Waals surface area contributed by atoms with Gasteiger partial charge in [-0.2, -0.15) is 21.6 Å². The minimum Gasteiger partial charge on any atom is -0.376 e. The molecule has 1 aromatic heterocycles. The molecular formula is C22H22F4N2O4S. The third-order valence-electron chi connectivity index (χ3n) is 5.13. The number of nitrogens with zero attached hydrogens (tertiary/aromatic N) is 1. The lowest BCUT2D eigenvalue weighted by Crippen LogP contribution is -2.35. The number of amides is 1. The highest BCUT2D eigenvalue weighted by molar-refractivity contribution is 7.87. The van der Waals surface area contributed by atoms with E-state index in [1.54, 1.807) is 0 Å². The van der Waals surface area contributed by atoms with Gasteiger partial charge in [0.2, 0.25) is 0 Å². The van der Waals surface area contributed by atoms with Crippen LogP contribution in [0.25, 0.3) is 5.76 Å². The monoisotopic (exact) mass is 486 g/mol. The molecule has 1 aromatic carbocycles. The number of aryl methyl sites for hydroxylation is 1. The number of rotatable bonds is 5. The summed E-state index contributed by atoms with van der Waals surface area (Å²) in [7, 11) is -5.80. The van der Waals surface area contributed by atoms with E-state index < -0.39 is 38.6 Å². The van der Waals surface area contributed by atoms with Crippen molar-refractivity contribution in [1.29, 1.82) is 0 Å². The van der Waals surface area contributed by atoms with Crippen LogP contribution >= 0.6 is 0 Å². The molecule has 4 rings (SSSR count). The van der Waals surface area contributed by atoms with Crippen molar-refractivity contribution in [3.8, 4) is 0 Å². The summed E-state index contributed by atoms with van der Waals surface area (Å²) in [5, 5.41) is 2.88. The van der Waals surface area contributed by atoms with Gasteiger partial charge in [-0.1, -0.05) is 13.8 Å². The number of aromatic nitrogens is 1. The zero-order chi connectivity index (χ0) is 24.4. The van der Waals surface area contributed by atoms with E-state index in [-0.39, 0.29) is 17.5 Å². The second kappa shape index (κ2) is 9.12. The Morgan fingerprint density at radius 1 is 1.09 bits per heavy atom. The first-order valence-electron chi connectivity index (χ1n) is 10.3. The molecule has 178 valence electrons. The number of carbonyl (C=O) groups is 1. The lowest BCUT2D eigenvalue weighted by atomic mass is 9.99.